The molecular weight excluding hydrogens is 412 g/mol. The topological polar surface area (TPSA) is 83.6 Å². The number of carbonyl (C=O) groups is 2. The molecule has 0 spiro atoms. The average Bonchev–Trinajstić information content (AvgIpc) is 3.50. The Morgan fingerprint density at radius 1 is 1.03 bits per heavy atom. The van der Waals surface area contributed by atoms with E-state index >= 15 is 0 Å². The SMILES string of the molecule is C[C@@H]1Cc2cc(S(=O)(=O)CCC(=O)NC3CCCCCCC3)ccc2N1C(=O)C1CC1. The van der Waals surface area contributed by atoms with Crippen LogP contribution in [0.4, 0.5) is 5.69 Å². The Kier molecular flexibility index (Phi) is 6.70. The normalized spacial score (nSPS) is 22.5. The lowest BCUT2D eigenvalue weighted by Crippen LogP contribution is -2.36. The van der Waals surface area contributed by atoms with Crippen LogP contribution in [0, 0.1) is 5.92 Å². The Morgan fingerprint density at radius 2 is 1.71 bits per heavy atom. The number of fused-ring (bicyclic) bond motifs is 1. The van der Waals surface area contributed by atoms with Crippen LogP contribution < -0.4 is 10.2 Å². The van der Waals surface area contributed by atoms with Gasteiger partial charge in [0.05, 0.1) is 10.6 Å². The molecular formula is C24H34N2O4S. The number of rotatable bonds is 6. The number of anilines is 1. The molecule has 1 aromatic carbocycles. The molecule has 31 heavy (non-hydrogen) atoms. The van der Waals surface area contributed by atoms with Gasteiger partial charge in [-0.15, -0.1) is 0 Å². The zero-order valence-electron chi connectivity index (χ0n) is 18.4. The van der Waals surface area contributed by atoms with E-state index in [1.807, 2.05) is 11.8 Å². The van der Waals surface area contributed by atoms with Gasteiger partial charge in [-0.3, -0.25) is 9.59 Å². The van der Waals surface area contributed by atoms with E-state index in [-0.39, 0.29) is 46.9 Å². The molecule has 170 valence electrons. The molecule has 0 unspecified atom stereocenters. The van der Waals surface area contributed by atoms with Crippen LogP contribution in [-0.2, 0) is 25.8 Å². The molecule has 6 nitrogen and oxygen atoms in total. The molecule has 2 saturated carbocycles. The molecule has 2 fully saturated rings. The van der Waals surface area contributed by atoms with Gasteiger partial charge in [0.15, 0.2) is 9.84 Å². The molecule has 0 saturated heterocycles. The average molecular weight is 447 g/mol. The van der Waals surface area contributed by atoms with E-state index in [0.717, 1.165) is 49.8 Å². The highest BCUT2D eigenvalue weighted by Crippen LogP contribution is 2.39. The summed E-state index contributed by atoms with van der Waals surface area (Å²) < 4.78 is 25.8. The molecule has 4 rings (SSSR count). The molecule has 2 amide bonds. The predicted octanol–water partition coefficient (Wildman–Crippen LogP) is 3.77. The number of carbonyl (C=O) groups excluding carboxylic acids is 2. The van der Waals surface area contributed by atoms with Gasteiger partial charge in [-0.2, -0.15) is 0 Å². The standard InChI is InChI=1S/C24H34N2O4S/c1-17-15-19-16-21(11-12-22(19)26(17)24(28)18-9-10-18)31(29,30)14-13-23(27)25-20-7-5-3-2-4-6-8-20/h11-12,16-18,20H,2-10,13-15H2,1H3,(H,25,27)/t17-/m1/s1. The maximum absolute atomic E-state index is 12.9. The minimum absolute atomic E-state index is 0.0153. The number of hydrogen-bond acceptors (Lipinski definition) is 4. The van der Waals surface area contributed by atoms with Gasteiger partial charge in [0.1, 0.15) is 0 Å². The maximum atomic E-state index is 12.9. The molecule has 1 aliphatic heterocycles. The van der Waals surface area contributed by atoms with Gasteiger partial charge in [0, 0.05) is 30.1 Å². The highest BCUT2D eigenvalue weighted by molar-refractivity contribution is 7.91. The number of benzene rings is 1. The fraction of sp³-hybridized carbons (Fsp3) is 0.667. The molecule has 0 bridgehead atoms. The molecule has 7 heteroatoms. The molecule has 1 N–H and O–H groups in total. The van der Waals surface area contributed by atoms with Gasteiger partial charge in [0.25, 0.3) is 0 Å². The van der Waals surface area contributed by atoms with Crippen molar-refractivity contribution >= 4 is 27.3 Å². The molecule has 2 aliphatic carbocycles. The number of hydrogen-bond donors (Lipinski definition) is 1. The Hall–Kier alpha value is -1.89. The van der Waals surface area contributed by atoms with E-state index in [1.165, 1.54) is 19.3 Å². The van der Waals surface area contributed by atoms with E-state index in [1.54, 1.807) is 18.2 Å². The zero-order valence-corrected chi connectivity index (χ0v) is 19.3. The summed E-state index contributed by atoms with van der Waals surface area (Å²) in [5.41, 5.74) is 1.74. The quantitative estimate of drug-likeness (QED) is 0.721. The van der Waals surface area contributed by atoms with Crippen LogP contribution in [0.2, 0.25) is 0 Å². The lowest BCUT2D eigenvalue weighted by molar-refractivity contribution is -0.121. The van der Waals surface area contributed by atoms with Crippen LogP contribution in [0.5, 0.6) is 0 Å². The van der Waals surface area contributed by atoms with Gasteiger partial charge >= 0.3 is 0 Å². The van der Waals surface area contributed by atoms with Crippen LogP contribution in [-0.4, -0.2) is 38.1 Å². The van der Waals surface area contributed by atoms with E-state index < -0.39 is 9.84 Å². The van der Waals surface area contributed by atoms with E-state index in [2.05, 4.69) is 5.32 Å². The molecule has 3 aliphatic rings. The second-order valence-electron chi connectivity index (χ2n) is 9.50. The summed E-state index contributed by atoms with van der Waals surface area (Å²) in [7, 11) is -3.55. The van der Waals surface area contributed by atoms with Gasteiger partial charge < -0.3 is 10.2 Å². The fourth-order valence-electron chi connectivity index (χ4n) is 4.91. The van der Waals surface area contributed by atoms with Crippen molar-refractivity contribution in [2.24, 2.45) is 5.92 Å². The number of amides is 2. The predicted molar refractivity (Wildman–Crippen MR) is 121 cm³/mol. The summed E-state index contributed by atoms with van der Waals surface area (Å²) in [4.78, 5) is 27.1. The first kappa shape index (κ1) is 22.3. The summed E-state index contributed by atoms with van der Waals surface area (Å²) in [6.45, 7) is 2.01. The zero-order chi connectivity index (χ0) is 22.0. The Bertz CT molecular complexity index is 931. The number of nitrogens with one attached hydrogen (secondary N) is 1. The first-order valence-electron chi connectivity index (χ1n) is 11.8. The second kappa shape index (κ2) is 9.31. The van der Waals surface area contributed by atoms with E-state index in [9.17, 15) is 18.0 Å². The maximum Gasteiger partial charge on any atom is 0.230 e. The van der Waals surface area contributed by atoms with Gasteiger partial charge in [0.2, 0.25) is 11.8 Å². The van der Waals surface area contributed by atoms with Gasteiger partial charge in [-0.05, 0) is 62.8 Å². The third-order valence-corrected chi connectivity index (χ3v) is 8.57. The lowest BCUT2D eigenvalue weighted by Gasteiger charge is -2.22. The van der Waals surface area contributed by atoms with Crippen molar-refractivity contribution in [3.05, 3.63) is 23.8 Å². The fourth-order valence-corrected chi connectivity index (χ4v) is 6.20. The van der Waals surface area contributed by atoms with Crippen molar-refractivity contribution in [2.45, 2.75) is 94.5 Å². The van der Waals surface area contributed by atoms with E-state index in [4.69, 9.17) is 0 Å². The lowest BCUT2D eigenvalue weighted by atomic mass is 9.97. The third-order valence-electron chi connectivity index (χ3n) is 6.86. The van der Waals surface area contributed by atoms with Crippen LogP contribution in [0.25, 0.3) is 0 Å². The van der Waals surface area contributed by atoms with Crippen molar-refractivity contribution < 1.29 is 18.0 Å². The number of sulfone groups is 1. The smallest absolute Gasteiger partial charge is 0.230 e. The van der Waals surface area contributed by atoms with Crippen LogP contribution >= 0.6 is 0 Å². The second-order valence-corrected chi connectivity index (χ2v) is 11.6. The molecule has 0 aromatic heterocycles. The summed E-state index contributed by atoms with van der Waals surface area (Å²) in [6, 6.07) is 5.28. The number of nitrogens with zero attached hydrogens (tertiary/aromatic N) is 1. The summed E-state index contributed by atoms with van der Waals surface area (Å²) >= 11 is 0. The van der Waals surface area contributed by atoms with Crippen molar-refractivity contribution in [3.8, 4) is 0 Å². The molecule has 1 atom stereocenters. The first-order chi connectivity index (χ1) is 14.8. The monoisotopic (exact) mass is 446 g/mol. The first-order valence-corrected chi connectivity index (χ1v) is 13.5. The minimum Gasteiger partial charge on any atom is -0.353 e. The van der Waals surface area contributed by atoms with Crippen LogP contribution in [0.1, 0.15) is 76.7 Å². The van der Waals surface area contributed by atoms with Crippen molar-refractivity contribution in [1.29, 1.82) is 0 Å². The minimum atomic E-state index is -3.55. The van der Waals surface area contributed by atoms with E-state index in [0.29, 0.717) is 6.42 Å². The molecule has 1 heterocycles. The van der Waals surface area contributed by atoms with Gasteiger partial charge in [-0.1, -0.05) is 32.1 Å². The van der Waals surface area contributed by atoms with Crippen LogP contribution in [0.3, 0.4) is 0 Å². The third kappa shape index (κ3) is 5.30. The molecule has 1 aromatic rings. The Labute approximate surface area is 185 Å². The van der Waals surface area contributed by atoms with Crippen LogP contribution in [0.15, 0.2) is 23.1 Å². The van der Waals surface area contributed by atoms with Crippen molar-refractivity contribution in [1.82, 2.24) is 5.32 Å². The van der Waals surface area contributed by atoms with Crippen molar-refractivity contribution in [2.75, 3.05) is 10.7 Å². The Morgan fingerprint density at radius 3 is 2.39 bits per heavy atom. The van der Waals surface area contributed by atoms with Crippen molar-refractivity contribution in [3.63, 3.8) is 0 Å². The highest BCUT2D eigenvalue weighted by Gasteiger charge is 2.39. The highest BCUT2D eigenvalue weighted by atomic mass is 32.2. The summed E-state index contributed by atoms with van der Waals surface area (Å²) in [5.74, 6) is -0.0732. The Balaban J connectivity index is 1.37. The largest absolute Gasteiger partial charge is 0.353 e. The summed E-state index contributed by atoms with van der Waals surface area (Å²) in [5, 5.41) is 3.05. The summed E-state index contributed by atoms with van der Waals surface area (Å²) in [6.07, 6.45) is 10.5. The van der Waals surface area contributed by atoms with Gasteiger partial charge in [-0.25, -0.2) is 8.42 Å². The molecule has 0 radical (unpaired) electrons.